The number of ether oxygens (including phenoxy) is 3. The first-order chi connectivity index (χ1) is 14.0. The van der Waals surface area contributed by atoms with Crippen LogP contribution in [0.25, 0.3) is 0 Å². The number of amides is 1. The fourth-order valence-electron chi connectivity index (χ4n) is 3.23. The van der Waals surface area contributed by atoms with Gasteiger partial charge in [-0.25, -0.2) is 0 Å². The minimum atomic E-state index is -0.202. The van der Waals surface area contributed by atoms with Gasteiger partial charge in [0.05, 0.1) is 6.54 Å². The van der Waals surface area contributed by atoms with E-state index < -0.39 is 0 Å². The van der Waals surface area contributed by atoms with E-state index in [-0.39, 0.29) is 18.6 Å². The Kier molecular flexibility index (Phi) is 7.04. The maximum absolute atomic E-state index is 12.6. The average Bonchev–Trinajstić information content (AvgIpc) is 3.18. The fraction of sp³-hybridized carbons (Fsp3) is 0.348. The lowest BCUT2D eigenvalue weighted by atomic mass is 10.0. The van der Waals surface area contributed by atoms with Gasteiger partial charge in [0.25, 0.3) is 0 Å². The minimum absolute atomic E-state index is 0.122. The highest BCUT2D eigenvalue weighted by atomic mass is 35.5. The molecule has 0 bridgehead atoms. The van der Waals surface area contributed by atoms with Crippen molar-refractivity contribution in [3.05, 3.63) is 60.2 Å². The molecule has 154 valence electrons. The summed E-state index contributed by atoms with van der Waals surface area (Å²) in [7, 11) is 0. The van der Waals surface area contributed by atoms with E-state index in [4.69, 9.17) is 25.8 Å². The molecule has 1 heterocycles. The van der Waals surface area contributed by atoms with Gasteiger partial charge in [-0.05, 0) is 36.1 Å². The largest absolute Gasteiger partial charge is 0.489 e. The van der Waals surface area contributed by atoms with Crippen molar-refractivity contribution < 1.29 is 19.0 Å². The molecule has 5 nitrogen and oxygen atoms in total. The van der Waals surface area contributed by atoms with Crippen LogP contribution in [0.1, 0.15) is 25.0 Å². The summed E-state index contributed by atoms with van der Waals surface area (Å²) in [4.78, 5) is 14.3. The maximum Gasteiger partial charge on any atom is 0.242 e. The van der Waals surface area contributed by atoms with Crippen LogP contribution in [0.4, 0.5) is 5.69 Å². The van der Waals surface area contributed by atoms with Gasteiger partial charge in [0.15, 0.2) is 11.5 Å². The number of alkyl halides is 1. The Bertz CT molecular complexity index is 881. The minimum Gasteiger partial charge on any atom is -0.489 e. The highest BCUT2D eigenvalue weighted by molar-refractivity contribution is 6.29. The predicted molar refractivity (Wildman–Crippen MR) is 115 cm³/mol. The second-order valence-electron chi connectivity index (χ2n) is 7.29. The van der Waals surface area contributed by atoms with Gasteiger partial charge >= 0.3 is 0 Å². The van der Waals surface area contributed by atoms with Crippen molar-refractivity contribution in [1.29, 1.82) is 0 Å². The Morgan fingerprint density at radius 3 is 2.76 bits per heavy atom. The van der Waals surface area contributed by atoms with Crippen LogP contribution in [0.3, 0.4) is 0 Å². The topological polar surface area (TPSA) is 48.0 Å². The summed E-state index contributed by atoms with van der Waals surface area (Å²) < 4.78 is 16.7. The van der Waals surface area contributed by atoms with Crippen LogP contribution in [0, 0.1) is 5.92 Å². The normalized spacial score (nSPS) is 12.1. The number of halogens is 1. The van der Waals surface area contributed by atoms with Crippen LogP contribution in [0.2, 0.25) is 0 Å². The molecule has 0 aliphatic carbocycles. The average molecular weight is 416 g/mol. The van der Waals surface area contributed by atoms with Gasteiger partial charge in [0.1, 0.15) is 18.2 Å². The summed E-state index contributed by atoms with van der Waals surface area (Å²) in [5.41, 5.74) is 2.79. The molecule has 0 spiro atoms. The number of anilines is 1. The Labute approximate surface area is 176 Å². The highest BCUT2D eigenvalue weighted by Gasteiger charge is 2.21. The molecule has 1 aliphatic heterocycles. The molecule has 2 aromatic carbocycles. The van der Waals surface area contributed by atoms with Crippen molar-refractivity contribution >= 4 is 23.2 Å². The van der Waals surface area contributed by atoms with Gasteiger partial charge in [0, 0.05) is 17.3 Å². The first-order valence-electron chi connectivity index (χ1n) is 9.63. The quantitative estimate of drug-likeness (QED) is 0.429. The summed E-state index contributed by atoms with van der Waals surface area (Å²) >= 11 is 5.89. The molecule has 3 rings (SSSR count). The van der Waals surface area contributed by atoms with Crippen molar-refractivity contribution in [3.63, 3.8) is 0 Å². The zero-order valence-electron chi connectivity index (χ0n) is 16.8. The monoisotopic (exact) mass is 415 g/mol. The highest BCUT2D eigenvalue weighted by Crippen LogP contribution is 2.36. The number of hydrogen-bond donors (Lipinski definition) is 0. The second-order valence-corrected chi connectivity index (χ2v) is 7.56. The van der Waals surface area contributed by atoms with Gasteiger partial charge in [0.2, 0.25) is 12.7 Å². The molecule has 0 atom stereocenters. The van der Waals surface area contributed by atoms with Gasteiger partial charge in [-0.2, -0.15) is 0 Å². The van der Waals surface area contributed by atoms with E-state index in [1.807, 2.05) is 18.2 Å². The van der Waals surface area contributed by atoms with Crippen LogP contribution < -0.4 is 19.1 Å². The van der Waals surface area contributed by atoms with Gasteiger partial charge < -0.3 is 19.1 Å². The molecule has 0 unspecified atom stereocenters. The van der Waals surface area contributed by atoms with Crippen LogP contribution in [-0.4, -0.2) is 25.2 Å². The van der Waals surface area contributed by atoms with E-state index in [1.54, 1.807) is 23.1 Å². The molecule has 29 heavy (non-hydrogen) atoms. The van der Waals surface area contributed by atoms with Crippen molar-refractivity contribution in [1.82, 2.24) is 0 Å². The van der Waals surface area contributed by atoms with Crippen LogP contribution in [0.15, 0.2) is 49.1 Å². The summed E-state index contributed by atoms with van der Waals surface area (Å²) in [5.74, 6) is 2.24. The Morgan fingerprint density at radius 2 is 2.03 bits per heavy atom. The number of rotatable bonds is 9. The smallest absolute Gasteiger partial charge is 0.242 e. The molecular formula is C23H26ClNO4. The lowest BCUT2D eigenvalue weighted by Crippen LogP contribution is -2.31. The summed E-state index contributed by atoms with van der Waals surface area (Å²) in [6.45, 7) is 8.99. The summed E-state index contributed by atoms with van der Waals surface area (Å²) in [6, 6.07) is 11.6. The molecule has 0 radical (unpaired) electrons. The van der Waals surface area contributed by atoms with Gasteiger partial charge in [-0.15, -0.1) is 11.6 Å². The molecular weight excluding hydrogens is 390 g/mol. The third-order valence-corrected chi connectivity index (χ3v) is 4.77. The molecule has 1 amide bonds. The maximum atomic E-state index is 12.6. The van der Waals surface area contributed by atoms with E-state index in [9.17, 15) is 4.79 Å². The fourth-order valence-corrected chi connectivity index (χ4v) is 3.37. The Morgan fingerprint density at radius 1 is 1.24 bits per heavy atom. The summed E-state index contributed by atoms with van der Waals surface area (Å²) in [5, 5.41) is 0. The van der Waals surface area contributed by atoms with E-state index in [0.29, 0.717) is 36.3 Å². The second kappa shape index (κ2) is 9.70. The van der Waals surface area contributed by atoms with Crippen molar-refractivity contribution in [2.45, 2.75) is 26.8 Å². The third-order valence-electron chi connectivity index (χ3n) is 4.54. The van der Waals surface area contributed by atoms with E-state index in [0.717, 1.165) is 17.7 Å². The zero-order valence-corrected chi connectivity index (χ0v) is 17.6. The molecule has 0 aromatic heterocycles. The van der Waals surface area contributed by atoms with E-state index in [1.165, 1.54) is 5.56 Å². The molecule has 2 aromatic rings. The van der Waals surface area contributed by atoms with Crippen molar-refractivity contribution in [2.24, 2.45) is 5.92 Å². The predicted octanol–water partition coefficient (Wildman–Crippen LogP) is 4.95. The first-order valence-corrected chi connectivity index (χ1v) is 10.2. The number of benzene rings is 2. The Balaban J connectivity index is 1.92. The molecule has 0 saturated carbocycles. The third kappa shape index (κ3) is 5.24. The number of hydrogen-bond acceptors (Lipinski definition) is 4. The van der Waals surface area contributed by atoms with E-state index in [2.05, 4.69) is 26.5 Å². The molecule has 6 heteroatoms. The standard InChI is InChI=1S/C23H26ClNO4/c1-4-9-27-21-11-17(10-16(2)3)5-6-18(21)14-25(23(26)13-24)19-7-8-20-22(12-19)29-15-28-20/h4-8,11-12,16H,1,9-10,13-15H2,2-3H3. The number of fused-ring (bicyclic) bond motifs is 1. The van der Waals surface area contributed by atoms with Gasteiger partial charge in [-0.1, -0.05) is 38.6 Å². The lowest BCUT2D eigenvalue weighted by molar-refractivity contribution is -0.116. The number of carbonyl (C=O) groups is 1. The first kappa shape index (κ1) is 21.1. The van der Waals surface area contributed by atoms with E-state index >= 15 is 0 Å². The summed E-state index contributed by atoms with van der Waals surface area (Å²) in [6.07, 6.45) is 2.66. The molecule has 0 saturated heterocycles. The zero-order chi connectivity index (χ0) is 20.8. The van der Waals surface area contributed by atoms with Crippen molar-refractivity contribution in [2.75, 3.05) is 24.2 Å². The van der Waals surface area contributed by atoms with Crippen LogP contribution in [-0.2, 0) is 17.8 Å². The SMILES string of the molecule is C=CCOc1cc(CC(C)C)ccc1CN(C(=O)CCl)c1ccc2c(c1)OCO2. The Hall–Kier alpha value is -2.66. The number of carbonyl (C=O) groups excluding carboxylic acids is 1. The van der Waals surface area contributed by atoms with Gasteiger partial charge in [-0.3, -0.25) is 4.79 Å². The molecule has 1 aliphatic rings. The molecule has 0 fully saturated rings. The number of nitrogens with zero attached hydrogens (tertiary/aromatic N) is 1. The van der Waals surface area contributed by atoms with Crippen LogP contribution in [0.5, 0.6) is 17.2 Å². The van der Waals surface area contributed by atoms with Crippen LogP contribution >= 0.6 is 11.6 Å². The molecule has 0 N–H and O–H groups in total. The van der Waals surface area contributed by atoms with Crippen molar-refractivity contribution in [3.8, 4) is 17.2 Å². The lowest BCUT2D eigenvalue weighted by Gasteiger charge is -2.24.